The molecule has 1 fully saturated rings. The molecular formula is C14H20N2OS. The van der Waals surface area contributed by atoms with Crippen LogP contribution in [-0.4, -0.2) is 23.3 Å². The van der Waals surface area contributed by atoms with Crippen molar-refractivity contribution in [2.45, 2.75) is 31.6 Å². The molecule has 1 aromatic rings. The van der Waals surface area contributed by atoms with Crippen molar-refractivity contribution in [3.05, 3.63) is 29.3 Å². The summed E-state index contributed by atoms with van der Waals surface area (Å²) in [6, 6.07) is 6.60. The van der Waals surface area contributed by atoms with Gasteiger partial charge in [0.1, 0.15) is 0 Å². The second kappa shape index (κ2) is 5.76. The van der Waals surface area contributed by atoms with Crippen LogP contribution in [0.1, 0.15) is 24.0 Å². The summed E-state index contributed by atoms with van der Waals surface area (Å²) in [7, 11) is 0. The van der Waals surface area contributed by atoms with Crippen molar-refractivity contribution in [3.8, 4) is 0 Å². The van der Waals surface area contributed by atoms with Gasteiger partial charge >= 0.3 is 0 Å². The Balaban J connectivity index is 1.93. The summed E-state index contributed by atoms with van der Waals surface area (Å²) in [4.78, 5) is 12.4. The smallest absolute Gasteiger partial charge is 0.220 e. The number of benzene rings is 1. The largest absolute Gasteiger partial charge is 0.369 e. The highest BCUT2D eigenvalue weighted by Crippen LogP contribution is 2.29. The SMILES string of the molecule is Cc1cc(C)cc(SN2CCC(C(N)=O)CC2)c1. The van der Waals surface area contributed by atoms with Gasteiger partial charge in [0.05, 0.1) is 0 Å². The number of hydrogen-bond donors (Lipinski definition) is 1. The second-order valence-corrected chi connectivity index (χ2v) is 6.19. The van der Waals surface area contributed by atoms with Crippen molar-refractivity contribution in [1.82, 2.24) is 4.31 Å². The molecule has 2 rings (SSSR count). The Bertz CT molecular complexity index is 419. The highest BCUT2D eigenvalue weighted by molar-refractivity contribution is 7.97. The van der Waals surface area contributed by atoms with Crippen molar-refractivity contribution in [2.75, 3.05) is 13.1 Å². The Labute approximate surface area is 113 Å². The molecule has 98 valence electrons. The topological polar surface area (TPSA) is 46.3 Å². The van der Waals surface area contributed by atoms with Gasteiger partial charge in [0.15, 0.2) is 0 Å². The molecule has 1 amide bonds. The monoisotopic (exact) mass is 264 g/mol. The predicted molar refractivity (Wildman–Crippen MR) is 75.3 cm³/mol. The van der Waals surface area contributed by atoms with Gasteiger partial charge in [-0.2, -0.15) is 0 Å². The molecule has 1 aliphatic rings. The Morgan fingerprint density at radius 1 is 1.22 bits per heavy atom. The summed E-state index contributed by atoms with van der Waals surface area (Å²) in [5.41, 5.74) is 7.93. The Hall–Kier alpha value is -1.00. The van der Waals surface area contributed by atoms with E-state index in [2.05, 4.69) is 36.4 Å². The fraction of sp³-hybridized carbons (Fsp3) is 0.500. The van der Waals surface area contributed by atoms with Gasteiger partial charge in [-0.1, -0.05) is 6.07 Å². The van der Waals surface area contributed by atoms with Crippen LogP contribution in [0.3, 0.4) is 0 Å². The van der Waals surface area contributed by atoms with Gasteiger partial charge in [-0.05, 0) is 61.9 Å². The fourth-order valence-corrected chi connectivity index (χ4v) is 3.54. The fourth-order valence-electron chi connectivity index (χ4n) is 2.37. The lowest BCUT2D eigenvalue weighted by Crippen LogP contribution is -2.35. The predicted octanol–water partition coefficient (Wildman–Crippen LogP) is 2.51. The maximum atomic E-state index is 11.1. The molecule has 3 nitrogen and oxygen atoms in total. The molecule has 2 N–H and O–H groups in total. The van der Waals surface area contributed by atoms with Crippen LogP contribution < -0.4 is 5.73 Å². The summed E-state index contributed by atoms with van der Waals surface area (Å²) in [6.07, 6.45) is 1.76. The number of amides is 1. The first kappa shape index (κ1) is 13.4. The average Bonchev–Trinajstić information content (AvgIpc) is 2.28. The molecule has 0 unspecified atom stereocenters. The van der Waals surface area contributed by atoms with Crippen molar-refractivity contribution >= 4 is 17.9 Å². The Kier molecular flexibility index (Phi) is 4.30. The van der Waals surface area contributed by atoms with Crippen LogP contribution in [0.15, 0.2) is 23.1 Å². The van der Waals surface area contributed by atoms with Crippen molar-refractivity contribution < 1.29 is 4.79 Å². The molecule has 1 heterocycles. The molecule has 18 heavy (non-hydrogen) atoms. The summed E-state index contributed by atoms with van der Waals surface area (Å²) in [5, 5.41) is 0. The normalized spacial score (nSPS) is 17.9. The molecule has 0 spiro atoms. The number of primary amides is 1. The van der Waals surface area contributed by atoms with Crippen LogP contribution in [0.4, 0.5) is 0 Å². The molecule has 0 saturated carbocycles. The van der Waals surface area contributed by atoms with Crippen LogP contribution >= 0.6 is 11.9 Å². The highest BCUT2D eigenvalue weighted by atomic mass is 32.2. The van der Waals surface area contributed by atoms with E-state index in [1.54, 1.807) is 11.9 Å². The number of nitrogens with zero attached hydrogens (tertiary/aromatic N) is 1. The van der Waals surface area contributed by atoms with E-state index in [4.69, 9.17) is 5.73 Å². The van der Waals surface area contributed by atoms with Gasteiger partial charge in [0.25, 0.3) is 0 Å². The molecular weight excluding hydrogens is 244 g/mol. The third-order valence-electron chi connectivity index (χ3n) is 3.29. The van der Waals surface area contributed by atoms with E-state index in [9.17, 15) is 4.79 Å². The Morgan fingerprint density at radius 3 is 2.28 bits per heavy atom. The number of piperidine rings is 1. The highest BCUT2D eigenvalue weighted by Gasteiger charge is 2.23. The number of nitrogens with two attached hydrogens (primary N) is 1. The minimum absolute atomic E-state index is 0.0705. The van der Waals surface area contributed by atoms with E-state index in [0.717, 1.165) is 25.9 Å². The first-order valence-electron chi connectivity index (χ1n) is 6.35. The van der Waals surface area contributed by atoms with Gasteiger partial charge < -0.3 is 5.73 Å². The van der Waals surface area contributed by atoms with E-state index in [1.165, 1.54) is 16.0 Å². The molecule has 0 bridgehead atoms. The van der Waals surface area contributed by atoms with Gasteiger partial charge in [-0.3, -0.25) is 4.79 Å². The molecule has 0 aliphatic carbocycles. The minimum atomic E-state index is -0.147. The second-order valence-electron chi connectivity index (χ2n) is 5.02. The molecule has 1 saturated heterocycles. The first-order chi connectivity index (χ1) is 8.54. The lowest BCUT2D eigenvalue weighted by Gasteiger charge is -2.29. The van der Waals surface area contributed by atoms with Crippen LogP contribution in [0.2, 0.25) is 0 Å². The van der Waals surface area contributed by atoms with Gasteiger partial charge in [0.2, 0.25) is 5.91 Å². The zero-order valence-electron chi connectivity index (χ0n) is 11.0. The standard InChI is InChI=1S/C14H20N2OS/c1-10-7-11(2)9-13(8-10)18-16-5-3-12(4-6-16)14(15)17/h7-9,12H,3-6H2,1-2H3,(H2,15,17). The lowest BCUT2D eigenvalue weighted by molar-refractivity contribution is -0.122. The van der Waals surface area contributed by atoms with Crippen molar-refractivity contribution in [2.24, 2.45) is 11.7 Å². The van der Waals surface area contributed by atoms with Crippen LogP contribution in [0.5, 0.6) is 0 Å². The van der Waals surface area contributed by atoms with Gasteiger partial charge in [-0.25, -0.2) is 4.31 Å². The first-order valence-corrected chi connectivity index (χ1v) is 7.12. The number of carbonyl (C=O) groups is 1. The number of hydrogen-bond acceptors (Lipinski definition) is 3. The van der Waals surface area contributed by atoms with E-state index in [0.29, 0.717) is 0 Å². The minimum Gasteiger partial charge on any atom is -0.369 e. The number of aryl methyl sites for hydroxylation is 2. The van der Waals surface area contributed by atoms with Gasteiger partial charge in [0, 0.05) is 23.9 Å². The maximum Gasteiger partial charge on any atom is 0.220 e. The molecule has 0 radical (unpaired) electrons. The summed E-state index contributed by atoms with van der Waals surface area (Å²) >= 11 is 1.79. The van der Waals surface area contributed by atoms with Gasteiger partial charge in [-0.15, -0.1) is 0 Å². The van der Waals surface area contributed by atoms with E-state index in [1.807, 2.05) is 0 Å². The van der Waals surface area contributed by atoms with Crippen LogP contribution in [-0.2, 0) is 4.79 Å². The third-order valence-corrected chi connectivity index (χ3v) is 4.36. The molecule has 0 aromatic heterocycles. The van der Waals surface area contributed by atoms with E-state index >= 15 is 0 Å². The Morgan fingerprint density at radius 2 is 1.78 bits per heavy atom. The van der Waals surface area contributed by atoms with Crippen LogP contribution in [0.25, 0.3) is 0 Å². The summed E-state index contributed by atoms with van der Waals surface area (Å²) in [5.74, 6) is -0.0767. The molecule has 1 aromatic carbocycles. The summed E-state index contributed by atoms with van der Waals surface area (Å²) < 4.78 is 2.33. The number of rotatable bonds is 3. The van der Waals surface area contributed by atoms with E-state index < -0.39 is 0 Å². The van der Waals surface area contributed by atoms with Crippen molar-refractivity contribution in [1.29, 1.82) is 0 Å². The van der Waals surface area contributed by atoms with E-state index in [-0.39, 0.29) is 11.8 Å². The quantitative estimate of drug-likeness (QED) is 0.853. The van der Waals surface area contributed by atoms with Crippen LogP contribution in [0, 0.1) is 19.8 Å². The average molecular weight is 264 g/mol. The lowest BCUT2D eigenvalue weighted by atomic mass is 9.98. The number of carbonyl (C=O) groups excluding carboxylic acids is 1. The molecule has 0 atom stereocenters. The zero-order valence-corrected chi connectivity index (χ0v) is 11.8. The molecule has 4 heteroatoms. The summed E-state index contributed by atoms with van der Waals surface area (Å²) in [6.45, 7) is 6.11. The third kappa shape index (κ3) is 3.50. The molecule has 1 aliphatic heterocycles. The van der Waals surface area contributed by atoms with Crippen molar-refractivity contribution in [3.63, 3.8) is 0 Å². The maximum absolute atomic E-state index is 11.1. The zero-order chi connectivity index (χ0) is 13.1.